The van der Waals surface area contributed by atoms with Crippen LogP contribution < -0.4 is 16.8 Å². The molecule has 0 heterocycles. The fourth-order valence-electron chi connectivity index (χ4n) is 0. The average molecular weight is 662 g/mol. The first kappa shape index (κ1) is 32.9. The molecule has 16 nitrogen and oxygen atoms in total. The standard InChI is InChI=1S/4Mn.16O.Re/q;;;;;;;;;;;;;;;;4*-1;. The van der Waals surface area contributed by atoms with E-state index in [2.05, 4.69) is 0 Å². The molecule has 1 radical (unpaired) electrons. The molecule has 21 heavy (non-hydrogen) atoms. The Labute approximate surface area is 134 Å². The molecule has 0 aromatic heterocycles. The molecule has 0 bridgehead atoms. The van der Waals surface area contributed by atoms with Gasteiger partial charge in [0.2, 0.25) is 0 Å². The molecule has 0 aliphatic carbocycles. The van der Waals surface area contributed by atoms with Crippen molar-refractivity contribution in [1.82, 2.24) is 0 Å². The van der Waals surface area contributed by atoms with Gasteiger partial charge in [0.05, 0.1) is 0 Å². The van der Waals surface area contributed by atoms with Crippen LogP contribution in [0, 0.1) is 0 Å². The van der Waals surface area contributed by atoms with Crippen molar-refractivity contribution in [3.63, 3.8) is 0 Å². The molecule has 0 aromatic carbocycles. The second-order valence-corrected chi connectivity index (χ2v) is 6.23. The summed E-state index contributed by atoms with van der Waals surface area (Å²) in [5.74, 6) is 0. The van der Waals surface area contributed by atoms with E-state index in [0.717, 1.165) is 0 Å². The molecule has 0 aliphatic heterocycles. The molecule has 0 spiro atoms. The third-order valence-electron chi connectivity index (χ3n) is 0. The van der Waals surface area contributed by atoms with Crippen LogP contribution in [0.3, 0.4) is 0 Å². The van der Waals surface area contributed by atoms with Crippen LogP contribution in [0.1, 0.15) is 0 Å². The average Bonchev–Trinajstić information content (AvgIpc) is 1.62. The Morgan fingerprint density at radius 3 is 0.333 bits per heavy atom. The van der Waals surface area contributed by atoms with Gasteiger partial charge in [0.25, 0.3) is 0 Å². The quantitative estimate of drug-likeness (QED) is 0.218. The fourth-order valence-corrected chi connectivity index (χ4v) is 0. The van der Waals surface area contributed by atoms with Gasteiger partial charge in [0, 0.05) is 20.4 Å². The zero-order valence-corrected chi connectivity index (χ0v) is 15.9. The summed E-state index contributed by atoms with van der Waals surface area (Å²) < 4.78 is 137. The van der Waals surface area contributed by atoms with Crippen LogP contribution in [0.25, 0.3) is 0 Å². The molecule has 0 rings (SSSR count). The van der Waals surface area contributed by atoms with Crippen molar-refractivity contribution in [2.75, 3.05) is 0 Å². The zero-order chi connectivity index (χ0) is 18.0. The van der Waals surface area contributed by atoms with Crippen LogP contribution in [0.5, 0.6) is 0 Å². The van der Waals surface area contributed by atoms with Gasteiger partial charge < -0.3 is 0 Å². The first-order chi connectivity index (χ1) is 8.00. The molecule has 0 saturated heterocycles. The van der Waals surface area contributed by atoms with E-state index in [1.165, 1.54) is 0 Å². The molecular formula is Mn4O16Re-4. The van der Waals surface area contributed by atoms with Crippen molar-refractivity contribution in [1.29, 1.82) is 0 Å². The van der Waals surface area contributed by atoms with E-state index < -0.39 is 51.9 Å². The van der Waals surface area contributed by atoms with Crippen molar-refractivity contribution >= 4 is 0 Å². The molecular weight excluding hydrogens is 662 g/mol. The van der Waals surface area contributed by atoms with Crippen LogP contribution in [-0.4, -0.2) is 0 Å². The second-order valence-electron chi connectivity index (χ2n) is 1.51. The van der Waals surface area contributed by atoms with E-state index in [1.807, 2.05) is 0 Å². The summed E-state index contributed by atoms with van der Waals surface area (Å²) >= 11 is -22.5. The third kappa shape index (κ3) is 205000. The molecule has 0 saturated carbocycles. The minimum atomic E-state index is -5.62. The molecule has 0 atom stereocenters. The van der Waals surface area contributed by atoms with Crippen molar-refractivity contribution in [3.05, 3.63) is 0 Å². The van der Waals surface area contributed by atoms with Crippen LogP contribution in [-0.2, 0) is 118 Å². The Kier molecular flexibility index (Phi) is 19.9. The van der Waals surface area contributed by atoms with Gasteiger partial charge >= 0.3 is 115 Å². The smallest absolute Gasteiger partial charge is 0 e. The van der Waals surface area contributed by atoms with Crippen LogP contribution in [0.2, 0.25) is 0 Å². The van der Waals surface area contributed by atoms with Gasteiger partial charge in [-0.05, 0) is 0 Å². The normalized spacial score (nSPS) is 10.9. The largest absolute Gasteiger partial charge is 0 e. The maximum Gasteiger partial charge on any atom is 0 e. The van der Waals surface area contributed by atoms with Crippen molar-refractivity contribution < 1.29 is 135 Å². The SMILES string of the molecule is [O]=[Mn](=[O])(=[O])[O-].[O]=[Mn](=[O])(=[O])[O-].[O]=[Mn](=[O])(=[O])[O-].[O]=[Mn](=[O])(=[O])[O-].[Re]. The summed E-state index contributed by atoms with van der Waals surface area (Å²) in [6.45, 7) is 0. The summed E-state index contributed by atoms with van der Waals surface area (Å²) in [6, 6.07) is 0. The van der Waals surface area contributed by atoms with E-state index in [4.69, 9.17) is 62.8 Å². The third-order valence-corrected chi connectivity index (χ3v) is 0. The predicted octanol–water partition coefficient (Wildman–Crippen LogP) is -6.19. The molecule has 0 N–H and O–H groups in total. The molecule has 21 heteroatoms. The van der Waals surface area contributed by atoms with Crippen LogP contribution in [0.4, 0.5) is 0 Å². The van der Waals surface area contributed by atoms with Gasteiger partial charge in [0.15, 0.2) is 0 Å². The fraction of sp³-hybridized carbons (Fsp3) is 0. The molecule has 135 valence electrons. The Morgan fingerprint density at radius 2 is 0.333 bits per heavy atom. The molecule has 0 amide bonds. The van der Waals surface area contributed by atoms with Crippen molar-refractivity contribution in [2.45, 2.75) is 0 Å². The molecule has 0 unspecified atom stereocenters. The monoisotopic (exact) mass is 663 g/mol. The minimum Gasteiger partial charge on any atom is 0 e. The maximum absolute atomic E-state index is 8.58. The second kappa shape index (κ2) is 12.7. The van der Waals surface area contributed by atoms with Crippen molar-refractivity contribution in [2.24, 2.45) is 0 Å². The van der Waals surface area contributed by atoms with Gasteiger partial charge in [-0.2, -0.15) is 0 Å². The predicted molar refractivity (Wildman–Crippen MR) is 8.24 cm³/mol. The Bertz CT molecular complexity index is 673. The summed E-state index contributed by atoms with van der Waals surface area (Å²) in [5, 5.41) is 0. The van der Waals surface area contributed by atoms with Gasteiger partial charge in [-0.15, -0.1) is 0 Å². The summed E-state index contributed by atoms with van der Waals surface area (Å²) in [5.41, 5.74) is 0. The molecule has 0 aliphatic rings. The summed E-state index contributed by atoms with van der Waals surface area (Å²) in [6.07, 6.45) is 0. The number of rotatable bonds is 0. The molecule has 0 fully saturated rings. The summed E-state index contributed by atoms with van der Waals surface area (Å²) in [4.78, 5) is 0. The first-order valence-electron chi connectivity index (χ1n) is 2.47. The van der Waals surface area contributed by atoms with Gasteiger partial charge in [-0.3, -0.25) is 0 Å². The van der Waals surface area contributed by atoms with E-state index in [-0.39, 0.29) is 20.4 Å². The first-order valence-corrected chi connectivity index (χ1v) is 10.2. The van der Waals surface area contributed by atoms with Crippen molar-refractivity contribution in [3.8, 4) is 0 Å². The number of hydrogen-bond acceptors (Lipinski definition) is 16. The maximum atomic E-state index is 8.58. The zero-order valence-electron chi connectivity index (χ0n) is 8.42. The summed E-state index contributed by atoms with van der Waals surface area (Å²) in [7, 11) is 0. The van der Waals surface area contributed by atoms with Gasteiger partial charge in [-0.1, -0.05) is 0 Å². The van der Waals surface area contributed by atoms with E-state index in [0.29, 0.717) is 0 Å². The van der Waals surface area contributed by atoms with E-state index in [9.17, 15) is 0 Å². The number of hydrogen-bond donors (Lipinski definition) is 0. The molecule has 0 aromatic rings. The van der Waals surface area contributed by atoms with Gasteiger partial charge in [0.1, 0.15) is 0 Å². The Balaban J connectivity index is -0.0000000533. The van der Waals surface area contributed by atoms with Crippen LogP contribution >= 0.6 is 0 Å². The Morgan fingerprint density at radius 1 is 0.333 bits per heavy atom. The van der Waals surface area contributed by atoms with Crippen LogP contribution in [0.15, 0.2) is 0 Å². The van der Waals surface area contributed by atoms with E-state index in [1.54, 1.807) is 0 Å². The Hall–Kier alpha value is 0.180. The van der Waals surface area contributed by atoms with E-state index >= 15 is 0 Å². The minimum absolute atomic E-state index is 0. The topological polar surface area (TPSA) is 297 Å². The van der Waals surface area contributed by atoms with Gasteiger partial charge in [-0.25, -0.2) is 0 Å².